The lowest BCUT2D eigenvalue weighted by atomic mass is 10.2. The van der Waals surface area contributed by atoms with Crippen molar-refractivity contribution in [2.75, 3.05) is 16.0 Å². The number of carbonyl (C=O) groups excluding carboxylic acids is 2. The Labute approximate surface area is 150 Å². The zero-order valence-electron chi connectivity index (χ0n) is 14.7. The van der Waals surface area contributed by atoms with E-state index in [2.05, 4.69) is 16.0 Å². The van der Waals surface area contributed by atoms with E-state index in [9.17, 15) is 14.0 Å². The van der Waals surface area contributed by atoms with Crippen LogP contribution in [0.15, 0.2) is 36.4 Å². The topological polar surface area (TPSA) is 79.5 Å². The minimum atomic E-state index is -0.573. The van der Waals surface area contributed by atoms with Gasteiger partial charge in [0.1, 0.15) is 17.6 Å². The molecule has 0 saturated heterocycles. The highest BCUT2D eigenvalue weighted by Gasteiger charge is 2.24. The predicted molar refractivity (Wildman–Crippen MR) is 98.0 cm³/mol. The van der Waals surface area contributed by atoms with Gasteiger partial charge in [0.05, 0.1) is 5.69 Å². The van der Waals surface area contributed by atoms with Gasteiger partial charge in [0.2, 0.25) is 5.91 Å². The van der Waals surface area contributed by atoms with Crippen LogP contribution in [0, 0.1) is 12.7 Å². The lowest BCUT2D eigenvalue weighted by molar-refractivity contribution is -0.122. The highest BCUT2D eigenvalue weighted by atomic mass is 19.1. The number of carbonyl (C=O) groups is 2. The second-order valence-corrected chi connectivity index (χ2v) is 6.28. The molecule has 0 saturated carbocycles. The zero-order valence-corrected chi connectivity index (χ0v) is 14.7. The van der Waals surface area contributed by atoms with Gasteiger partial charge in [0.25, 0.3) is 5.91 Å². The predicted octanol–water partition coefficient (Wildman–Crippen LogP) is 3.29. The molecular weight excluding hydrogens is 337 g/mol. The van der Waals surface area contributed by atoms with Crippen LogP contribution in [0.3, 0.4) is 0 Å². The fraction of sp³-hybridized carbons (Fsp3) is 0.263. The van der Waals surface area contributed by atoms with Gasteiger partial charge in [-0.15, -0.1) is 0 Å². The minimum absolute atomic E-state index is 0.221. The van der Waals surface area contributed by atoms with Gasteiger partial charge in [0, 0.05) is 11.4 Å². The lowest BCUT2D eigenvalue weighted by Gasteiger charge is -2.24. The average molecular weight is 357 g/mol. The number of aryl methyl sites for hydroxylation is 1. The molecule has 1 aliphatic rings. The first kappa shape index (κ1) is 17.7. The van der Waals surface area contributed by atoms with E-state index in [0.717, 1.165) is 0 Å². The van der Waals surface area contributed by atoms with Crippen molar-refractivity contribution in [3.05, 3.63) is 47.8 Å². The Morgan fingerprint density at radius 3 is 2.69 bits per heavy atom. The molecule has 136 valence electrons. The number of halogens is 1. The summed E-state index contributed by atoms with van der Waals surface area (Å²) in [7, 11) is 0. The Morgan fingerprint density at radius 2 is 1.96 bits per heavy atom. The second kappa shape index (κ2) is 7.03. The van der Waals surface area contributed by atoms with Gasteiger partial charge in [-0.2, -0.15) is 0 Å². The van der Waals surface area contributed by atoms with Crippen molar-refractivity contribution in [1.29, 1.82) is 0 Å². The summed E-state index contributed by atoms with van der Waals surface area (Å²) in [5.74, 6) is -0.320. The van der Waals surface area contributed by atoms with Crippen LogP contribution in [0.5, 0.6) is 5.75 Å². The molecule has 1 aliphatic heterocycles. The van der Waals surface area contributed by atoms with Crippen molar-refractivity contribution in [1.82, 2.24) is 0 Å². The summed E-state index contributed by atoms with van der Waals surface area (Å²) < 4.78 is 19.1. The van der Waals surface area contributed by atoms with Gasteiger partial charge < -0.3 is 20.7 Å². The minimum Gasteiger partial charge on any atom is -0.479 e. The standard InChI is InChI=1S/C19H20FN3O3/c1-10-4-5-13(8-15(10)20)22-18(24)11(2)21-14-6-7-17-16(9-14)23-19(25)12(3)26-17/h4-9,11-12,21H,1-3H3,(H,22,24)(H,23,25). The van der Waals surface area contributed by atoms with Crippen LogP contribution < -0.4 is 20.7 Å². The number of benzene rings is 2. The first-order valence-electron chi connectivity index (χ1n) is 8.28. The number of nitrogens with one attached hydrogen (secondary N) is 3. The molecule has 6 nitrogen and oxygen atoms in total. The molecule has 7 heteroatoms. The van der Waals surface area contributed by atoms with Gasteiger partial charge in [-0.05, 0) is 56.7 Å². The smallest absolute Gasteiger partial charge is 0.265 e. The van der Waals surface area contributed by atoms with E-state index in [1.165, 1.54) is 6.07 Å². The monoisotopic (exact) mass is 357 g/mol. The maximum atomic E-state index is 13.6. The Kier molecular flexibility index (Phi) is 4.79. The third kappa shape index (κ3) is 3.77. The van der Waals surface area contributed by atoms with Crippen LogP contribution in [0.2, 0.25) is 0 Å². The second-order valence-electron chi connectivity index (χ2n) is 6.28. The van der Waals surface area contributed by atoms with Crippen LogP contribution in [-0.4, -0.2) is 24.0 Å². The highest BCUT2D eigenvalue weighted by molar-refractivity contribution is 5.99. The third-order valence-corrected chi connectivity index (χ3v) is 4.13. The van der Waals surface area contributed by atoms with E-state index in [0.29, 0.717) is 28.4 Å². The van der Waals surface area contributed by atoms with E-state index >= 15 is 0 Å². The molecule has 2 atom stereocenters. The van der Waals surface area contributed by atoms with Gasteiger partial charge in [-0.3, -0.25) is 9.59 Å². The fourth-order valence-corrected chi connectivity index (χ4v) is 2.54. The molecule has 0 aromatic heterocycles. The lowest BCUT2D eigenvalue weighted by Crippen LogP contribution is -2.34. The quantitative estimate of drug-likeness (QED) is 0.784. The Morgan fingerprint density at radius 1 is 1.23 bits per heavy atom. The zero-order chi connectivity index (χ0) is 18.8. The van der Waals surface area contributed by atoms with Gasteiger partial charge in [-0.25, -0.2) is 4.39 Å². The van der Waals surface area contributed by atoms with Crippen LogP contribution >= 0.6 is 0 Å². The van der Waals surface area contributed by atoms with Crippen molar-refractivity contribution < 1.29 is 18.7 Å². The van der Waals surface area contributed by atoms with Gasteiger partial charge in [0.15, 0.2) is 6.10 Å². The number of hydrogen-bond donors (Lipinski definition) is 3. The van der Waals surface area contributed by atoms with Crippen molar-refractivity contribution in [3.63, 3.8) is 0 Å². The normalized spacial score (nSPS) is 16.8. The van der Waals surface area contributed by atoms with Crippen LogP contribution in [0.25, 0.3) is 0 Å². The maximum Gasteiger partial charge on any atom is 0.265 e. The molecule has 0 spiro atoms. The summed E-state index contributed by atoms with van der Waals surface area (Å²) in [5.41, 5.74) is 2.11. The average Bonchev–Trinajstić information content (AvgIpc) is 2.59. The maximum absolute atomic E-state index is 13.6. The van der Waals surface area contributed by atoms with E-state index in [1.807, 2.05) is 0 Å². The number of amides is 2. The molecule has 0 bridgehead atoms. The molecule has 0 fully saturated rings. The summed E-state index contributed by atoms with van der Waals surface area (Å²) in [4.78, 5) is 24.0. The molecule has 0 radical (unpaired) electrons. The van der Waals surface area contributed by atoms with Crippen molar-refractivity contribution in [3.8, 4) is 5.75 Å². The SMILES string of the molecule is Cc1ccc(NC(=O)C(C)Nc2ccc3c(c2)NC(=O)C(C)O3)cc1F. The van der Waals surface area contributed by atoms with Gasteiger partial charge in [-0.1, -0.05) is 6.07 Å². The molecule has 2 unspecified atom stereocenters. The molecule has 3 rings (SSSR count). The summed E-state index contributed by atoms with van der Waals surface area (Å²) in [5, 5.41) is 8.48. The Balaban J connectivity index is 1.66. The van der Waals surface area contributed by atoms with E-state index in [1.54, 1.807) is 51.1 Å². The molecule has 3 N–H and O–H groups in total. The van der Waals surface area contributed by atoms with Crippen molar-refractivity contribution in [2.45, 2.75) is 32.9 Å². The largest absolute Gasteiger partial charge is 0.479 e. The summed E-state index contributed by atoms with van der Waals surface area (Å²) in [6.07, 6.45) is -0.541. The van der Waals surface area contributed by atoms with Crippen LogP contribution in [0.4, 0.5) is 21.5 Å². The number of ether oxygens (including phenoxy) is 1. The molecule has 2 aromatic carbocycles. The van der Waals surface area contributed by atoms with Crippen LogP contribution in [-0.2, 0) is 9.59 Å². The number of anilines is 3. The number of hydrogen-bond acceptors (Lipinski definition) is 4. The highest BCUT2D eigenvalue weighted by Crippen LogP contribution is 2.32. The fourth-order valence-electron chi connectivity index (χ4n) is 2.54. The molecular formula is C19H20FN3O3. The molecule has 1 heterocycles. The van der Waals surface area contributed by atoms with Crippen molar-refractivity contribution >= 4 is 28.9 Å². The molecule has 0 aliphatic carbocycles. The van der Waals surface area contributed by atoms with E-state index in [-0.39, 0.29) is 17.6 Å². The number of rotatable bonds is 4. The summed E-state index contributed by atoms with van der Waals surface area (Å²) >= 11 is 0. The summed E-state index contributed by atoms with van der Waals surface area (Å²) in [6, 6.07) is 9.16. The van der Waals surface area contributed by atoms with Crippen molar-refractivity contribution in [2.24, 2.45) is 0 Å². The Hall–Kier alpha value is -3.09. The Bertz CT molecular complexity index is 869. The van der Waals surface area contributed by atoms with E-state index < -0.39 is 12.1 Å². The molecule has 2 amide bonds. The molecule has 26 heavy (non-hydrogen) atoms. The van der Waals surface area contributed by atoms with E-state index in [4.69, 9.17) is 4.74 Å². The first-order valence-corrected chi connectivity index (χ1v) is 8.28. The number of fused-ring (bicyclic) bond motifs is 1. The summed E-state index contributed by atoms with van der Waals surface area (Å²) in [6.45, 7) is 5.02. The molecule has 2 aromatic rings. The first-order chi connectivity index (χ1) is 12.3. The van der Waals surface area contributed by atoms with Gasteiger partial charge >= 0.3 is 0 Å². The van der Waals surface area contributed by atoms with Crippen LogP contribution in [0.1, 0.15) is 19.4 Å². The third-order valence-electron chi connectivity index (χ3n) is 4.13.